The molecule has 2 aromatic rings. The van der Waals surface area contributed by atoms with Crippen LogP contribution >= 0.6 is 11.6 Å². The number of rotatable bonds is 4. The molecule has 16 heavy (non-hydrogen) atoms. The molecule has 0 aliphatic rings. The van der Waals surface area contributed by atoms with E-state index < -0.39 is 0 Å². The van der Waals surface area contributed by atoms with Crippen molar-refractivity contribution >= 4 is 11.6 Å². The van der Waals surface area contributed by atoms with Gasteiger partial charge in [-0.25, -0.2) is 0 Å². The van der Waals surface area contributed by atoms with Crippen LogP contribution in [0.15, 0.2) is 48.5 Å². The quantitative estimate of drug-likeness (QED) is 0.777. The van der Waals surface area contributed by atoms with E-state index in [0.29, 0.717) is 13.2 Å². The van der Waals surface area contributed by atoms with Gasteiger partial charge in [0.25, 0.3) is 0 Å². The Morgan fingerprint density at radius 3 is 2.62 bits per heavy atom. The zero-order valence-corrected chi connectivity index (χ0v) is 9.58. The SMILES string of the molecule is Clc1cc[c]cc1COCc1ccccc1. The van der Waals surface area contributed by atoms with Gasteiger partial charge in [-0.05, 0) is 29.3 Å². The monoisotopic (exact) mass is 231 g/mol. The van der Waals surface area contributed by atoms with Crippen LogP contribution in [0.4, 0.5) is 0 Å². The molecule has 0 saturated heterocycles. The molecule has 1 nitrogen and oxygen atoms in total. The van der Waals surface area contributed by atoms with Crippen LogP contribution in [0.5, 0.6) is 0 Å². The molecule has 2 rings (SSSR count). The normalized spacial score (nSPS) is 10.3. The highest BCUT2D eigenvalue weighted by molar-refractivity contribution is 6.31. The predicted octanol–water partition coefficient (Wildman–Crippen LogP) is 3.86. The molecular formula is C14H12ClO. The molecule has 0 unspecified atom stereocenters. The van der Waals surface area contributed by atoms with Crippen molar-refractivity contribution in [3.8, 4) is 0 Å². The van der Waals surface area contributed by atoms with Crippen molar-refractivity contribution in [1.29, 1.82) is 0 Å². The van der Waals surface area contributed by atoms with Gasteiger partial charge in [-0.2, -0.15) is 0 Å². The lowest BCUT2D eigenvalue weighted by Gasteiger charge is -2.05. The summed E-state index contributed by atoms with van der Waals surface area (Å²) < 4.78 is 5.58. The summed E-state index contributed by atoms with van der Waals surface area (Å²) >= 11 is 6.01. The number of halogens is 1. The Morgan fingerprint density at radius 1 is 1.06 bits per heavy atom. The number of hydrogen-bond acceptors (Lipinski definition) is 1. The first-order valence-electron chi connectivity index (χ1n) is 5.12. The van der Waals surface area contributed by atoms with E-state index in [4.69, 9.17) is 16.3 Å². The molecule has 0 aromatic heterocycles. The molecule has 0 spiro atoms. The van der Waals surface area contributed by atoms with Gasteiger partial charge >= 0.3 is 0 Å². The second-order valence-electron chi connectivity index (χ2n) is 3.50. The topological polar surface area (TPSA) is 9.23 Å². The lowest BCUT2D eigenvalue weighted by molar-refractivity contribution is 0.107. The summed E-state index contributed by atoms with van der Waals surface area (Å²) in [5, 5.41) is 0.729. The molecule has 0 amide bonds. The van der Waals surface area contributed by atoms with Crippen molar-refractivity contribution in [3.05, 3.63) is 70.7 Å². The molecule has 0 bridgehead atoms. The predicted molar refractivity (Wildman–Crippen MR) is 65.2 cm³/mol. The van der Waals surface area contributed by atoms with Crippen LogP contribution in [0.1, 0.15) is 11.1 Å². The highest BCUT2D eigenvalue weighted by atomic mass is 35.5. The molecule has 0 aliphatic heterocycles. The largest absolute Gasteiger partial charge is 0.372 e. The smallest absolute Gasteiger partial charge is 0.0736 e. The van der Waals surface area contributed by atoms with Gasteiger partial charge in [0, 0.05) is 5.02 Å². The third-order valence-corrected chi connectivity index (χ3v) is 2.63. The summed E-state index contributed by atoms with van der Waals surface area (Å²) in [7, 11) is 0. The highest BCUT2D eigenvalue weighted by Gasteiger charge is 1.99. The Bertz CT molecular complexity index is 439. The molecule has 0 fully saturated rings. The van der Waals surface area contributed by atoms with Crippen LogP contribution in [0.2, 0.25) is 5.02 Å². The summed E-state index contributed by atoms with van der Waals surface area (Å²) in [5.41, 5.74) is 2.14. The Hall–Kier alpha value is -1.31. The number of benzene rings is 2. The van der Waals surface area contributed by atoms with E-state index in [-0.39, 0.29) is 0 Å². The lowest BCUT2D eigenvalue weighted by atomic mass is 10.2. The van der Waals surface area contributed by atoms with Crippen LogP contribution in [-0.4, -0.2) is 0 Å². The fraction of sp³-hybridized carbons (Fsp3) is 0.143. The fourth-order valence-electron chi connectivity index (χ4n) is 1.41. The van der Waals surface area contributed by atoms with Gasteiger partial charge in [-0.1, -0.05) is 48.0 Å². The summed E-state index contributed by atoms with van der Waals surface area (Å²) in [6.45, 7) is 1.12. The van der Waals surface area contributed by atoms with Crippen LogP contribution in [-0.2, 0) is 18.0 Å². The van der Waals surface area contributed by atoms with Crippen molar-refractivity contribution < 1.29 is 4.74 Å². The Morgan fingerprint density at radius 2 is 1.88 bits per heavy atom. The van der Waals surface area contributed by atoms with Crippen LogP contribution in [0.3, 0.4) is 0 Å². The van der Waals surface area contributed by atoms with Crippen molar-refractivity contribution in [2.75, 3.05) is 0 Å². The van der Waals surface area contributed by atoms with Gasteiger partial charge in [-0.15, -0.1) is 0 Å². The average Bonchev–Trinajstić information content (AvgIpc) is 2.33. The molecule has 0 N–H and O–H groups in total. The fourth-order valence-corrected chi connectivity index (χ4v) is 1.58. The van der Waals surface area contributed by atoms with E-state index in [9.17, 15) is 0 Å². The minimum absolute atomic E-state index is 0.519. The van der Waals surface area contributed by atoms with E-state index in [0.717, 1.165) is 10.6 Å². The van der Waals surface area contributed by atoms with E-state index in [1.807, 2.05) is 42.5 Å². The summed E-state index contributed by atoms with van der Waals surface area (Å²) in [5.74, 6) is 0. The van der Waals surface area contributed by atoms with Crippen LogP contribution in [0, 0.1) is 6.07 Å². The average molecular weight is 232 g/mol. The first-order chi connectivity index (χ1) is 7.86. The van der Waals surface area contributed by atoms with Gasteiger partial charge in [0.15, 0.2) is 0 Å². The van der Waals surface area contributed by atoms with Crippen molar-refractivity contribution in [2.45, 2.75) is 13.2 Å². The third kappa shape index (κ3) is 3.09. The Kier molecular flexibility index (Phi) is 3.97. The Labute approximate surface area is 101 Å². The maximum atomic E-state index is 6.01. The van der Waals surface area contributed by atoms with Crippen molar-refractivity contribution in [1.82, 2.24) is 0 Å². The van der Waals surface area contributed by atoms with Gasteiger partial charge in [0.1, 0.15) is 0 Å². The van der Waals surface area contributed by atoms with Crippen molar-refractivity contribution in [2.24, 2.45) is 0 Å². The third-order valence-electron chi connectivity index (χ3n) is 2.26. The minimum atomic E-state index is 0.519. The van der Waals surface area contributed by atoms with Gasteiger partial charge in [0.05, 0.1) is 13.2 Å². The lowest BCUT2D eigenvalue weighted by Crippen LogP contribution is -1.94. The molecule has 0 aliphatic carbocycles. The molecule has 81 valence electrons. The molecular weight excluding hydrogens is 220 g/mol. The van der Waals surface area contributed by atoms with E-state index >= 15 is 0 Å². The zero-order valence-electron chi connectivity index (χ0n) is 8.82. The first-order valence-corrected chi connectivity index (χ1v) is 5.50. The second kappa shape index (κ2) is 5.69. The van der Waals surface area contributed by atoms with Gasteiger partial charge < -0.3 is 4.74 Å². The van der Waals surface area contributed by atoms with Crippen LogP contribution < -0.4 is 0 Å². The molecule has 0 heterocycles. The first kappa shape index (κ1) is 11.2. The molecule has 1 radical (unpaired) electrons. The van der Waals surface area contributed by atoms with E-state index in [2.05, 4.69) is 6.07 Å². The highest BCUT2D eigenvalue weighted by Crippen LogP contribution is 2.16. The minimum Gasteiger partial charge on any atom is -0.372 e. The molecule has 2 aromatic carbocycles. The second-order valence-corrected chi connectivity index (χ2v) is 3.90. The maximum absolute atomic E-state index is 6.01. The van der Waals surface area contributed by atoms with E-state index in [1.165, 1.54) is 5.56 Å². The van der Waals surface area contributed by atoms with Gasteiger partial charge in [-0.3, -0.25) is 0 Å². The van der Waals surface area contributed by atoms with Crippen LogP contribution in [0.25, 0.3) is 0 Å². The summed E-state index contributed by atoms with van der Waals surface area (Å²) in [6, 6.07) is 18.5. The van der Waals surface area contributed by atoms with E-state index in [1.54, 1.807) is 6.07 Å². The molecule has 0 atom stereocenters. The Balaban J connectivity index is 1.87. The standard InChI is InChI=1S/C14H12ClO/c15-14-9-5-4-8-13(14)11-16-10-12-6-2-1-3-7-12/h1-3,5-9H,10-11H2. The van der Waals surface area contributed by atoms with Crippen molar-refractivity contribution in [3.63, 3.8) is 0 Å². The molecule has 2 heteroatoms. The molecule has 0 saturated carbocycles. The number of ether oxygens (including phenoxy) is 1. The maximum Gasteiger partial charge on any atom is 0.0736 e. The zero-order chi connectivity index (χ0) is 11.2. The summed E-state index contributed by atoms with van der Waals surface area (Å²) in [6.07, 6.45) is 0. The summed E-state index contributed by atoms with van der Waals surface area (Å²) in [4.78, 5) is 0. The number of hydrogen-bond donors (Lipinski definition) is 0. The van der Waals surface area contributed by atoms with Gasteiger partial charge in [0.2, 0.25) is 0 Å².